The molecule has 5 aromatic carbocycles. The zero-order valence-corrected chi connectivity index (χ0v) is 61.3. The second-order valence-electron chi connectivity index (χ2n) is 23.4. The maximum Gasteiger partial charge on any atom is 0.255 e. The number of anilines is 5. The highest BCUT2D eigenvalue weighted by molar-refractivity contribution is 6.31. The van der Waals surface area contributed by atoms with Crippen molar-refractivity contribution < 1.29 is 37.5 Å². The molecule has 10 aromatic heterocycles. The van der Waals surface area contributed by atoms with Crippen molar-refractivity contribution in [3.8, 4) is 62.7 Å². The van der Waals surface area contributed by atoms with Crippen LogP contribution in [0, 0.1) is 11.6 Å². The Morgan fingerprint density at radius 3 is 0.839 bits per heavy atom. The van der Waals surface area contributed by atoms with Gasteiger partial charge in [-0.25, -0.2) is 8.78 Å². The van der Waals surface area contributed by atoms with Crippen molar-refractivity contribution >= 4 is 92.8 Å². The molecule has 0 saturated carbocycles. The molecule has 0 aliphatic rings. The number of nitrogens with zero attached hydrogens (tertiary/aromatic N) is 10. The monoisotopic (exact) mass is 1540 g/mol. The first-order valence-corrected chi connectivity index (χ1v) is 35.0. The van der Waals surface area contributed by atoms with E-state index in [1.807, 2.05) is 109 Å². The molecule has 0 atom stereocenters. The van der Waals surface area contributed by atoms with E-state index >= 15 is 0 Å². The van der Waals surface area contributed by atoms with Crippen LogP contribution in [0.2, 0.25) is 15.1 Å². The molecule has 5 amide bonds. The largest absolute Gasteiger partial charge is 0.497 e. The van der Waals surface area contributed by atoms with E-state index in [9.17, 15) is 32.8 Å². The van der Waals surface area contributed by atoms with Crippen molar-refractivity contribution in [1.82, 2.24) is 49.8 Å². The number of rotatable bonds is 16. The Hall–Kier alpha value is -14.5. The molecule has 10 heterocycles. The van der Waals surface area contributed by atoms with E-state index in [1.165, 1.54) is 42.6 Å². The Kier molecular flexibility index (Phi) is 28.0. The van der Waals surface area contributed by atoms with Crippen LogP contribution in [0.3, 0.4) is 0 Å². The van der Waals surface area contributed by atoms with Crippen LogP contribution in [0.15, 0.2) is 329 Å². The van der Waals surface area contributed by atoms with Crippen molar-refractivity contribution in [3.05, 3.63) is 383 Å². The van der Waals surface area contributed by atoms with Crippen LogP contribution in [-0.4, -0.2) is 86.5 Å². The summed E-state index contributed by atoms with van der Waals surface area (Å²) >= 11 is 17.4. The lowest BCUT2D eigenvalue weighted by Gasteiger charge is -2.06. The van der Waals surface area contributed by atoms with Crippen LogP contribution in [0.25, 0.3) is 56.9 Å². The second-order valence-corrected chi connectivity index (χ2v) is 24.7. The molecular weight excluding hydrogens is 1480 g/mol. The fraction of sp³-hybridized carbons (Fsp3) is 0.0116. The number of hydrogen-bond acceptors (Lipinski definition) is 16. The van der Waals surface area contributed by atoms with Crippen LogP contribution in [0.4, 0.5) is 37.2 Å². The van der Waals surface area contributed by atoms with Gasteiger partial charge in [-0.2, -0.15) is 0 Å². The molecule has 15 aromatic rings. The summed E-state index contributed by atoms with van der Waals surface area (Å²) in [5.41, 5.74) is 12.8. The van der Waals surface area contributed by atoms with E-state index in [1.54, 1.807) is 178 Å². The first kappa shape index (κ1) is 78.5. The van der Waals surface area contributed by atoms with Crippen molar-refractivity contribution in [1.29, 1.82) is 0 Å². The number of nitrogens with one attached hydrogen (secondary N) is 5. The lowest BCUT2D eigenvalue weighted by molar-refractivity contribution is 0.101. The average molecular weight is 1550 g/mol. The van der Waals surface area contributed by atoms with Gasteiger partial charge in [-0.15, -0.1) is 0 Å². The summed E-state index contributed by atoms with van der Waals surface area (Å²) < 4.78 is 31.0. The highest BCUT2D eigenvalue weighted by Crippen LogP contribution is 2.25. The Labute approximate surface area is 656 Å². The molecule has 15 rings (SSSR count). The van der Waals surface area contributed by atoms with Gasteiger partial charge in [-0.3, -0.25) is 73.8 Å². The summed E-state index contributed by atoms with van der Waals surface area (Å²) in [6.07, 6.45) is 16.5. The summed E-state index contributed by atoms with van der Waals surface area (Å²) in [7, 11) is 1.59. The lowest BCUT2D eigenvalue weighted by Crippen LogP contribution is -2.12. The first-order valence-electron chi connectivity index (χ1n) is 33.9. The number of carbonyl (C=O) groups excluding carboxylic acids is 5. The summed E-state index contributed by atoms with van der Waals surface area (Å²) in [4.78, 5) is 103. The van der Waals surface area contributed by atoms with Crippen LogP contribution in [0.5, 0.6) is 5.75 Å². The molecule has 0 aliphatic heterocycles. The quantitative estimate of drug-likeness (QED) is 0.0601. The maximum atomic E-state index is 13.1. The fourth-order valence-corrected chi connectivity index (χ4v) is 10.4. The molecule has 26 heteroatoms. The number of aromatic nitrogens is 10. The molecule has 0 bridgehead atoms. The highest BCUT2D eigenvalue weighted by atomic mass is 35.5. The van der Waals surface area contributed by atoms with E-state index in [0.29, 0.717) is 72.2 Å². The summed E-state index contributed by atoms with van der Waals surface area (Å²) in [5, 5.41) is 14.8. The highest BCUT2D eigenvalue weighted by Gasteiger charge is 2.14. The third-order valence-corrected chi connectivity index (χ3v) is 16.4. The predicted molar refractivity (Wildman–Crippen MR) is 431 cm³/mol. The Morgan fingerprint density at radius 1 is 0.277 bits per heavy atom. The Morgan fingerprint density at radius 2 is 0.562 bits per heavy atom. The number of halogens is 5. The van der Waals surface area contributed by atoms with Crippen molar-refractivity contribution in [2.24, 2.45) is 0 Å². The van der Waals surface area contributed by atoms with Gasteiger partial charge in [0.05, 0.1) is 128 Å². The molecular formula is C86H62Cl3F2N15O6. The van der Waals surface area contributed by atoms with Gasteiger partial charge in [0.15, 0.2) is 0 Å². The van der Waals surface area contributed by atoms with Crippen LogP contribution < -0.4 is 31.3 Å². The molecule has 0 spiro atoms. The van der Waals surface area contributed by atoms with E-state index in [0.717, 1.165) is 57.3 Å². The van der Waals surface area contributed by atoms with Gasteiger partial charge in [-0.1, -0.05) is 71.2 Å². The minimum atomic E-state index is -0.565. The zero-order chi connectivity index (χ0) is 78.4. The molecule has 0 unspecified atom stereocenters. The molecule has 552 valence electrons. The molecule has 5 N–H and O–H groups in total. The minimum Gasteiger partial charge on any atom is -0.497 e. The third-order valence-electron chi connectivity index (χ3n) is 15.6. The van der Waals surface area contributed by atoms with E-state index in [-0.39, 0.29) is 45.9 Å². The van der Waals surface area contributed by atoms with Crippen LogP contribution in [0.1, 0.15) is 51.8 Å². The maximum absolute atomic E-state index is 13.1. The van der Waals surface area contributed by atoms with Crippen LogP contribution in [-0.2, 0) is 0 Å². The summed E-state index contributed by atoms with van der Waals surface area (Å²) in [5.74, 6) is -1.56. The average Bonchev–Trinajstić information content (AvgIpc) is 0.862. The van der Waals surface area contributed by atoms with Crippen molar-refractivity contribution in [3.63, 3.8) is 0 Å². The molecule has 112 heavy (non-hydrogen) atoms. The third kappa shape index (κ3) is 23.5. The molecule has 0 aliphatic carbocycles. The van der Waals surface area contributed by atoms with Crippen molar-refractivity contribution in [2.75, 3.05) is 33.7 Å². The number of hydrogen-bond donors (Lipinski definition) is 5. The molecule has 0 radical (unpaired) electrons. The normalized spacial score (nSPS) is 10.2. The molecule has 21 nitrogen and oxygen atoms in total. The second kappa shape index (κ2) is 39.9. The topological polar surface area (TPSA) is 284 Å². The van der Waals surface area contributed by atoms with Gasteiger partial charge >= 0.3 is 0 Å². The van der Waals surface area contributed by atoms with Gasteiger partial charge in [-0.05, 0) is 231 Å². The molecule has 0 saturated heterocycles. The fourth-order valence-electron chi connectivity index (χ4n) is 9.90. The Bertz CT molecular complexity index is 5450. The number of pyridine rings is 10. The van der Waals surface area contributed by atoms with Crippen molar-refractivity contribution in [2.45, 2.75) is 0 Å². The molecule has 0 fully saturated rings. The first-order chi connectivity index (χ1) is 54.6. The SMILES string of the molecule is COc1ccc(C(=O)Nc2ccc(-c3ccccn3)nc2)cc1.O=C(Nc1ccc(-c2ccccn2)nc1)c1ccc(Cl)cc1.O=C(Nc1ccc(-c2ccccn2)nc1)c1ccc(F)c(Cl)c1.O=C(Nc1ccc(-c2ccccn2)nc1)c1ccc(F)cc1.O=C(Nc1ccc(-c2ccccn2)nc1)c1cccc(Cl)c1. The van der Waals surface area contributed by atoms with Gasteiger partial charge in [0, 0.05) is 68.8 Å². The van der Waals surface area contributed by atoms with Gasteiger partial charge in [0.1, 0.15) is 17.4 Å². The van der Waals surface area contributed by atoms with Gasteiger partial charge in [0.25, 0.3) is 29.5 Å². The minimum absolute atomic E-state index is 0.0960. The van der Waals surface area contributed by atoms with Gasteiger partial charge in [0.2, 0.25) is 0 Å². The summed E-state index contributed by atoms with van der Waals surface area (Å²) in [6.45, 7) is 0. The predicted octanol–water partition coefficient (Wildman–Crippen LogP) is 19.2. The lowest BCUT2D eigenvalue weighted by atomic mass is 10.2. The zero-order valence-electron chi connectivity index (χ0n) is 59.0. The number of carbonyl (C=O) groups is 5. The summed E-state index contributed by atoms with van der Waals surface area (Å²) in [6, 6.07) is 75.5. The standard InChI is InChI=1S/C18H15N3O2.C17H11ClFN3O.2C17H12ClN3O.C17H12FN3O/c1-23-15-8-5-13(6-9-15)18(22)21-14-7-10-17(20-12-14)16-4-2-3-11-19-16;18-13-9-11(4-6-14(13)19)17(23)22-12-5-7-16(21-10-12)15-3-1-2-8-20-15;18-13-5-3-4-12(10-13)17(22)21-14-7-8-16(20-11-14)15-6-1-2-9-19-15;2*18-13-6-4-12(5-7-13)17(22)21-14-8-9-16(20-11-14)15-3-1-2-10-19-15/h2-12H,1H3,(H,21,22);1-10H,(H,22,23);3*1-11H,(H,21,22). The van der Waals surface area contributed by atoms with E-state index in [2.05, 4.69) is 76.4 Å². The number of ether oxygens (including phenoxy) is 1. The number of amides is 5. The van der Waals surface area contributed by atoms with Crippen LogP contribution >= 0.6 is 34.8 Å². The van der Waals surface area contributed by atoms with E-state index < -0.39 is 5.82 Å². The smallest absolute Gasteiger partial charge is 0.255 e. The van der Waals surface area contributed by atoms with E-state index in [4.69, 9.17) is 39.5 Å². The number of benzene rings is 5. The Balaban J connectivity index is 0.000000138. The number of methoxy groups -OCH3 is 1. The van der Waals surface area contributed by atoms with Gasteiger partial charge < -0.3 is 31.3 Å².